The summed E-state index contributed by atoms with van der Waals surface area (Å²) in [6.45, 7) is 26.8. The lowest BCUT2D eigenvalue weighted by Crippen LogP contribution is -3.02. The molecular weight excluding hydrogens is 256 g/mol. The Morgan fingerprint density at radius 3 is 0.688 bits per heavy atom. The van der Waals surface area contributed by atoms with Crippen molar-refractivity contribution in [2.45, 2.75) is 26.2 Å². The van der Waals surface area contributed by atoms with Crippen LogP contribution in [0.15, 0.2) is 49.1 Å². The molecular formula is C12H24Si4. The van der Waals surface area contributed by atoms with Crippen LogP contribution < -0.4 is 0 Å². The fourth-order valence-corrected chi connectivity index (χ4v) is 125. The summed E-state index contributed by atoms with van der Waals surface area (Å²) < 4.78 is 0. The van der Waals surface area contributed by atoms with E-state index in [1.165, 1.54) is 0 Å². The maximum Gasteiger partial charge on any atom is 0.0660 e. The molecule has 0 nitrogen and oxygen atoms in total. The number of hydrogen-bond donors (Lipinski definition) is 0. The summed E-state index contributed by atoms with van der Waals surface area (Å²) in [5.41, 5.74) is 9.36. The smallest absolute Gasteiger partial charge is 0.0660 e. The van der Waals surface area contributed by atoms with Crippen LogP contribution in [0.2, 0.25) is 26.2 Å². The van der Waals surface area contributed by atoms with Crippen LogP contribution in [0.4, 0.5) is 0 Å². The molecule has 0 aromatic carbocycles. The minimum absolute atomic E-state index is 1.34. The monoisotopic (exact) mass is 280 g/mol. The normalized spacial score (nSPS) is 51.2. The molecule has 0 spiro atoms. The van der Waals surface area contributed by atoms with Gasteiger partial charge in [-0.1, -0.05) is 26.2 Å². The minimum Gasteiger partial charge on any atom is -0.107 e. The van der Waals surface area contributed by atoms with Gasteiger partial charge in [-0.05, 0) is 0 Å². The molecule has 88 valence electrons. The van der Waals surface area contributed by atoms with Gasteiger partial charge in [-0.15, -0.1) is 49.1 Å². The highest BCUT2D eigenvalue weighted by molar-refractivity contribution is 8.16. The van der Waals surface area contributed by atoms with Gasteiger partial charge >= 0.3 is 0 Å². The van der Waals surface area contributed by atoms with Crippen LogP contribution in [0.1, 0.15) is 0 Å². The van der Waals surface area contributed by atoms with Crippen molar-refractivity contribution in [1.82, 2.24) is 0 Å². The topological polar surface area (TPSA) is 0 Å². The molecule has 0 aliphatic carbocycles. The van der Waals surface area contributed by atoms with Crippen LogP contribution in [0, 0.1) is 0 Å². The first-order chi connectivity index (χ1) is 7.24. The third-order valence-electron chi connectivity index (χ3n) is 5.95. The first-order valence-corrected chi connectivity index (χ1v) is 20.1. The summed E-state index contributed by atoms with van der Waals surface area (Å²) in [5.74, 6) is 0. The Kier molecular flexibility index (Phi) is 3.18. The van der Waals surface area contributed by atoms with E-state index in [1.54, 1.807) is 0 Å². The van der Waals surface area contributed by atoms with Crippen LogP contribution in [0.5, 0.6) is 0 Å². The zero-order valence-electron chi connectivity index (χ0n) is 11.1. The molecule has 1 saturated heterocycles. The second-order valence-corrected chi connectivity index (χ2v) is 47.8. The van der Waals surface area contributed by atoms with E-state index in [2.05, 4.69) is 75.3 Å². The molecule has 0 aromatic heterocycles. The molecule has 4 heteroatoms. The SMILES string of the molecule is C=C[Si]1(C)[Si](C)(C=C)[Si](C)(C=C)[Si]1(C)C=C. The summed E-state index contributed by atoms with van der Waals surface area (Å²) in [5, 5.41) is 0. The molecule has 1 aliphatic heterocycles. The Labute approximate surface area is 104 Å². The Bertz CT molecular complexity index is 289. The van der Waals surface area contributed by atoms with Crippen molar-refractivity contribution in [1.29, 1.82) is 0 Å². The summed E-state index contributed by atoms with van der Waals surface area (Å²) in [6.07, 6.45) is 0. The van der Waals surface area contributed by atoms with Gasteiger partial charge in [0.25, 0.3) is 0 Å². The van der Waals surface area contributed by atoms with Crippen molar-refractivity contribution in [2.75, 3.05) is 0 Å². The number of hydrogen-bond acceptors (Lipinski definition) is 0. The van der Waals surface area contributed by atoms with Crippen LogP contribution in [0.3, 0.4) is 0 Å². The highest BCUT2D eigenvalue weighted by Crippen LogP contribution is 2.53. The molecule has 1 fully saturated rings. The lowest BCUT2D eigenvalue weighted by Gasteiger charge is -2.72. The predicted molar refractivity (Wildman–Crippen MR) is 87.3 cm³/mol. The Balaban J connectivity index is 3.55. The molecule has 0 N–H and O–H groups in total. The maximum atomic E-state index is 4.16. The summed E-state index contributed by atoms with van der Waals surface area (Å²) >= 11 is 0. The van der Waals surface area contributed by atoms with E-state index in [0.29, 0.717) is 0 Å². The fraction of sp³-hybridized carbons (Fsp3) is 0.333. The molecule has 16 heavy (non-hydrogen) atoms. The van der Waals surface area contributed by atoms with E-state index < -0.39 is 28.4 Å². The largest absolute Gasteiger partial charge is 0.107 e. The molecule has 1 aliphatic rings. The average molecular weight is 281 g/mol. The van der Waals surface area contributed by atoms with Crippen molar-refractivity contribution in [2.24, 2.45) is 0 Å². The van der Waals surface area contributed by atoms with Crippen LogP contribution in [-0.2, 0) is 0 Å². The van der Waals surface area contributed by atoms with Gasteiger partial charge in [-0.25, -0.2) is 0 Å². The second kappa shape index (κ2) is 3.66. The first kappa shape index (κ1) is 13.9. The van der Waals surface area contributed by atoms with E-state index >= 15 is 0 Å². The zero-order chi connectivity index (χ0) is 12.8. The van der Waals surface area contributed by atoms with E-state index in [0.717, 1.165) is 0 Å². The van der Waals surface area contributed by atoms with Crippen molar-refractivity contribution in [3.8, 4) is 0 Å². The van der Waals surface area contributed by atoms with Crippen molar-refractivity contribution < 1.29 is 0 Å². The summed E-state index contributed by atoms with van der Waals surface area (Å²) in [7, 11) is -5.35. The lowest BCUT2D eigenvalue weighted by atomic mass is 11.3. The van der Waals surface area contributed by atoms with Crippen LogP contribution >= 0.6 is 0 Å². The summed E-state index contributed by atoms with van der Waals surface area (Å²) in [4.78, 5) is 0. The molecule has 0 aromatic rings. The molecule has 0 atom stereocenters. The fourth-order valence-electron chi connectivity index (χ4n) is 3.79. The van der Waals surface area contributed by atoms with Gasteiger partial charge in [-0.3, -0.25) is 0 Å². The maximum absolute atomic E-state index is 4.16. The highest BCUT2D eigenvalue weighted by atomic mass is 30.2. The molecule has 1 heterocycles. The number of rotatable bonds is 4. The average Bonchev–Trinajstić information content (AvgIpc) is 2.33. The Morgan fingerprint density at radius 1 is 0.500 bits per heavy atom. The third-order valence-corrected chi connectivity index (χ3v) is 95.0. The van der Waals surface area contributed by atoms with Gasteiger partial charge in [0.2, 0.25) is 0 Å². The molecule has 1 rings (SSSR count). The van der Waals surface area contributed by atoms with Crippen LogP contribution in [-0.4, -0.2) is 28.4 Å². The highest BCUT2D eigenvalue weighted by Gasteiger charge is 2.79. The molecule has 0 bridgehead atoms. The lowest BCUT2D eigenvalue weighted by molar-refractivity contribution is 1.85. The van der Waals surface area contributed by atoms with Crippen molar-refractivity contribution in [3.63, 3.8) is 0 Å². The first-order valence-electron chi connectivity index (χ1n) is 5.79. The van der Waals surface area contributed by atoms with Gasteiger partial charge in [0, 0.05) is 0 Å². The molecule has 0 unspecified atom stereocenters. The quantitative estimate of drug-likeness (QED) is 0.691. The van der Waals surface area contributed by atoms with E-state index in [-0.39, 0.29) is 0 Å². The van der Waals surface area contributed by atoms with E-state index in [4.69, 9.17) is 0 Å². The van der Waals surface area contributed by atoms with Gasteiger partial charge in [0.05, 0.1) is 28.4 Å². The van der Waals surface area contributed by atoms with Gasteiger partial charge < -0.3 is 0 Å². The zero-order valence-corrected chi connectivity index (χ0v) is 15.1. The van der Waals surface area contributed by atoms with Gasteiger partial charge in [0.15, 0.2) is 0 Å². The van der Waals surface area contributed by atoms with Crippen molar-refractivity contribution in [3.05, 3.63) is 49.1 Å². The predicted octanol–water partition coefficient (Wildman–Crippen LogP) is 3.53. The standard InChI is InChI=1S/C12H24Si4/c1-9-13(5)14(6,10-2)16(8,12-4)15(13,7)11-3/h9-12H,1-4H2,5-8H3. The van der Waals surface area contributed by atoms with E-state index in [1.807, 2.05) is 0 Å². The Morgan fingerprint density at radius 2 is 0.625 bits per heavy atom. The Hall–Kier alpha value is -0.172. The third kappa shape index (κ3) is 0.995. The molecule has 0 radical (unpaired) electrons. The van der Waals surface area contributed by atoms with Crippen molar-refractivity contribution >= 4 is 28.4 Å². The second-order valence-electron chi connectivity index (χ2n) is 5.63. The molecule has 0 saturated carbocycles. The van der Waals surface area contributed by atoms with Crippen LogP contribution in [0.25, 0.3) is 0 Å². The molecule has 0 amide bonds. The van der Waals surface area contributed by atoms with Gasteiger partial charge in [-0.2, -0.15) is 0 Å². The van der Waals surface area contributed by atoms with Gasteiger partial charge in [0.1, 0.15) is 0 Å². The minimum atomic E-state index is -1.34. The summed E-state index contributed by atoms with van der Waals surface area (Å²) in [6, 6.07) is 0. The van der Waals surface area contributed by atoms with E-state index in [9.17, 15) is 0 Å².